The Bertz CT molecular complexity index is 490. The number of nitrogens with zero attached hydrogens (tertiary/aromatic N) is 1. The third-order valence-corrected chi connectivity index (χ3v) is 2.48. The number of alkyl halides is 3. The fourth-order valence-electron chi connectivity index (χ4n) is 1.71. The van der Waals surface area contributed by atoms with Crippen molar-refractivity contribution in [1.82, 2.24) is 0 Å². The Balaban J connectivity index is 2.35. The highest BCUT2D eigenvalue weighted by Gasteiger charge is 2.33. The second kappa shape index (κ2) is 4.14. The van der Waals surface area contributed by atoms with Gasteiger partial charge in [0.2, 0.25) is 0 Å². The maximum absolute atomic E-state index is 12.0. The van der Waals surface area contributed by atoms with Crippen LogP contribution in [0.1, 0.15) is 5.56 Å². The number of hydrogen-bond donors (Lipinski definition) is 2. The summed E-state index contributed by atoms with van der Waals surface area (Å²) >= 11 is 0. The van der Waals surface area contributed by atoms with E-state index in [4.69, 9.17) is 5.73 Å². The van der Waals surface area contributed by atoms with Gasteiger partial charge in [-0.1, -0.05) is 6.07 Å². The molecule has 5 nitrogen and oxygen atoms in total. The number of amides is 1. The van der Waals surface area contributed by atoms with Gasteiger partial charge in [-0.3, -0.25) is 10.0 Å². The minimum Gasteiger partial charge on any atom is -0.406 e. The molecule has 1 atom stereocenters. The first-order valence-corrected chi connectivity index (χ1v) is 4.95. The van der Waals surface area contributed by atoms with E-state index < -0.39 is 24.1 Å². The van der Waals surface area contributed by atoms with Crippen molar-refractivity contribution in [2.75, 3.05) is 5.06 Å². The third kappa shape index (κ3) is 2.39. The molecule has 0 spiro atoms. The van der Waals surface area contributed by atoms with Crippen LogP contribution in [0.2, 0.25) is 0 Å². The molecule has 1 aliphatic rings. The number of anilines is 1. The average molecular weight is 262 g/mol. The molecule has 0 aromatic heterocycles. The molecule has 2 rings (SSSR count). The summed E-state index contributed by atoms with van der Waals surface area (Å²) in [7, 11) is 0. The molecule has 1 aromatic carbocycles. The lowest BCUT2D eigenvalue weighted by Crippen LogP contribution is -2.47. The van der Waals surface area contributed by atoms with Gasteiger partial charge in [0.1, 0.15) is 5.75 Å². The van der Waals surface area contributed by atoms with E-state index in [1.165, 1.54) is 6.07 Å². The lowest BCUT2D eigenvalue weighted by atomic mass is 9.99. The standard InChI is InChI=1S/C10H9F3N2O3/c11-10(12,13)18-6-2-1-5-3-7(14)9(16)15(17)8(5)4-6/h1-2,4,7,17H,3,14H2/t7-/m0/s1. The van der Waals surface area contributed by atoms with Crippen molar-refractivity contribution in [3.63, 3.8) is 0 Å². The van der Waals surface area contributed by atoms with Crippen LogP contribution in [0.25, 0.3) is 0 Å². The van der Waals surface area contributed by atoms with Gasteiger partial charge in [0.05, 0.1) is 11.7 Å². The molecule has 0 radical (unpaired) electrons. The zero-order chi connectivity index (χ0) is 13.5. The van der Waals surface area contributed by atoms with E-state index in [1.54, 1.807) is 0 Å². The Hall–Kier alpha value is -1.80. The molecule has 0 bridgehead atoms. The van der Waals surface area contributed by atoms with E-state index in [0.29, 0.717) is 5.56 Å². The van der Waals surface area contributed by atoms with E-state index in [1.807, 2.05) is 0 Å². The molecular weight excluding hydrogens is 253 g/mol. The summed E-state index contributed by atoms with van der Waals surface area (Å²) in [5, 5.41) is 9.73. The maximum Gasteiger partial charge on any atom is 0.573 e. The van der Waals surface area contributed by atoms with E-state index in [2.05, 4.69) is 4.74 Å². The first kappa shape index (κ1) is 12.7. The summed E-state index contributed by atoms with van der Waals surface area (Å²) in [6, 6.07) is 2.46. The number of rotatable bonds is 1. The molecular formula is C10H9F3N2O3. The first-order chi connectivity index (χ1) is 8.28. The Morgan fingerprint density at radius 1 is 1.44 bits per heavy atom. The van der Waals surface area contributed by atoms with Crippen LogP contribution in [-0.4, -0.2) is 23.5 Å². The fourth-order valence-corrected chi connectivity index (χ4v) is 1.71. The van der Waals surface area contributed by atoms with Crippen LogP contribution in [0.15, 0.2) is 18.2 Å². The van der Waals surface area contributed by atoms with Crippen molar-refractivity contribution in [2.45, 2.75) is 18.8 Å². The van der Waals surface area contributed by atoms with Gasteiger partial charge >= 0.3 is 6.36 Å². The Morgan fingerprint density at radius 3 is 2.72 bits per heavy atom. The lowest BCUT2D eigenvalue weighted by molar-refractivity contribution is -0.274. The molecule has 3 N–H and O–H groups in total. The Labute approximate surface area is 99.5 Å². The van der Waals surface area contributed by atoms with Gasteiger partial charge in [-0.05, 0) is 18.1 Å². The van der Waals surface area contributed by atoms with Crippen molar-refractivity contribution in [2.24, 2.45) is 5.73 Å². The van der Waals surface area contributed by atoms with E-state index in [0.717, 1.165) is 12.1 Å². The second-order valence-corrected chi connectivity index (χ2v) is 3.80. The number of hydroxylamine groups is 1. The van der Waals surface area contributed by atoms with Crippen LogP contribution in [0.4, 0.5) is 18.9 Å². The molecule has 1 amide bonds. The molecule has 1 heterocycles. The molecule has 8 heteroatoms. The number of hydrogen-bond acceptors (Lipinski definition) is 4. The molecule has 0 aliphatic carbocycles. The van der Waals surface area contributed by atoms with Gasteiger partial charge < -0.3 is 10.5 Å². The van der Waals surface area contributed by atoms with Gasteiger partial charge in [-0.15, -0.1) is 13.2 Å². The van der Waals surface area contributed by atoms with E-state index in [-0.39, 0.29) is 17.2 Å². The van der Waals surface area contributed by atoms with Crippen LogP contribution >= 0.6 is 0 Å². The monoisotopic (exact) mass is 262 g/mol. The number of halogens is 3. The minimum atomic E-state index is -4.83. The Kier molecular flexibility index (Phi) is 2.91. The summed E-state index contributed by atoms with van der Waals surface area (Å²) in [6.45, 7) is 0. The first-order valence-electron chi connectivity index (χ1n) is 4.95. The van der Waals surface area contributed by atoms with Crippen LogP contribution in [0.5, 0.6) is 5.75 Å². The van der Waals surface area contributed by atoms with Crippen LogP contribution < -0.4 is 15.5 Å². The van der Waals surface area contributed by atoms with Crippen LogP contribution in [0.3, 0.4) is 0 Å². The number of benzene rings is 1. The minimum absolute atomic E-state index is 0.0524. The quantitative estimate of drug-likeness (QED) is 0.745. The summed E-state index contributed by atoms with van der Waals surface area (Å²) in [4.78, 5) is 11.4. The predicted molar refractivity (Wildman–Crippen MR) is 54.1 cm³/mol. The van der Waals surface area contributed by atoms with Gasteiger partial charge in [-0.2, -0.15) is 5.06 Å². The molecule has 0 unspecified atom stereocenters. The average Bonchev–Trinajstić information content (AvgIpc) is 2.25. The number of fused-ring (bicyclic) bond motifs is 1. The van der Waals surface area contributed by atoms with Gasteiger partial charge in [0.25, 0.3) is 5.91 Å². The van der Waals surface area contributed by atoms with Gasteiger partial charge in [0, 0.05) is 6.07 Å². The summed E-state index contributed by atoms with van der Waals surface area (Å²) < 4.78 is 39.8. The number of nitrogens with two attached hydrogens (primary N) is 1. The largest absolute Gasteiger partial charge is 0.573 e. The summed E-state index contributed by atoms with van der Waals surface area (Å²) in [5.41, 5.74) is 5.88. The maximum atomic E-state index is 12.0. The van der Waals surface area contributed by atoms with Gasteiger partial charge in [0.15, 0.2) is 0 Å². The molecule has 0 saturated carbocycles. The zero-order valence-corrected chi connectivity index (χ0v) is 8.94. The predicted octanol–water partition coefficient (Wildman–Crippen LogP) is 1.19. The SMILES string of the molecule is N[C@H]1Cc2ccc(OC(F)(F)F)cc2N(O)C1=O. The van der Waals surface area contributed by atoms with Crippen molar-refractivity contribution in [1.29, 1.82) is 0 Å². The highest BCUT2D eigenvalue weighted by Crippen LogP contribution is 2.32. The number of carbonyl (C=O) groups excluding carboxylic acids is 1. The smallest absolute Gasteiger partial charge is 0.406 e. The third-order valence-electron chi connectivity index (χ3n) is 2.48. The second-order valence-electron chi connectivity index (χ2n) is 3.80. The van der Waals surface area contributed by atoms with Crippen molar-refractivity contribution < 1.29 is 27.9 Å². The summed E-state index contributed by atoms with van der Waals surface area (Å²) in [5.74, 6) is -1.28. The van der Waals surface area contributed by atoms with Crippen molar-refractivity contribution >= 4 is 11.6 Å². The highest BCUT2D eigenvalue weighted by atomic mass is 19.4. The molecule has 98 valence electrons. The number of carbonyl (C=O) groups is 1. The molecule has 0 fully saturated rings. The van der Waals surface area contributed by atoms with Crippen LogP contribution in [-0.2, 0) is 11.2 Å². The zero-order valence-electron chi connectivity index (χ0n) is 8.94. The molecule has 18 heavy (non-hydrogen) atoms. The Morgan fingerprint density at radius 2 is 2.11 bits per heavy atom. The normalized spacial score (nSPS) is 19.7. The topological polar surface area (TPSA) is 75.8 Å². The van der Waals surface area contributed by atoms with Gasteiger partial charge in [-0.25, -0.2) is 0 Å². The van der Waals surface area contributed by atoms with Crippen LogP contribution in [0, 0.1) is 0 Å². The molecule has 1 aromatic rings. The van der Waals surface area contributed by atoms with E-state index in [9.17, 15) is 23.2 Å². The fraction of sp³-hybridized carbons (Fsp3) is 0.300. The highest BCUT2D eigenvalue weighted by molar-refractivity contribution is 5.98. The molecule has 1 aliphatic heterocycles. The number of ether oxygens (including phenoxy) is 1. The lowest BCUT2D eigenvalue weighted by Gasteiger charge is -2.27. The van der Waals surface area contributed by atoms with Crippen molar-refractivity contribution in [3.05, 3.63) is 23.8 Å². The van der Waals surface area contributed by atoms with Crippen molar-refractivity contribution in [3.8, 4) is 5.75 Å². The summed E-state index contributed by atoms with van der Waals surface area (Å²) in [6.07, 6.45) is -4.68. The van der Waals surface area contributed by atoms with E-state index >= 15 is 0 Å². The molecule has 0 saturated heterocycles.